The molecule has 0 N–H and O–H groups in total. The summed E-state index contributed by atoms with van der Waals surface area (Å²) in [4.78, 5) is 20.5. The molecule has 5 atom stereocenters. The standard InChI is InChI=1S/C27H29IN2O3/c1-3-17-16-30-13-11-18(17)14-25(30)26(33-27(31)21-6-4-5-7-23(21)28)20-10-12-29-24-9-8-19(32-2)15-22(20)24/h4-10,12,15,17-18,25-26H,3,11,13-14,16H2,1-2H3/t17-,18?,25+,26?/m0/s1. The van der Waals surface area contributed by atoms with Gasteiger partial charge in [0.25, 0.3) is 0 Å². The van der Waals surface area contributed by atoms with Crippen molar-refractivity contribution >= 4 is 39.5 Å². The number of carbonyl (C=O) groups is 1. The Kier molecular flexibility index (Phi) is 6.56. The van der Waals surface area contributed by atoms with Gasteiger partial charge in [-0.05, 0) is 90.2 Å². The minimum Gasteiger partial charge on any atom is -0.497 e. The lowest BCUT2D eigenvalue weighted by Crippen LogP contribution is -2.55. The Morgan fingerprint density at radius 1 is 1.24 bits per heavy atom. The van der Waals surface area contributed by atoms with E-state index in [1.165, 1.54) is 12.8 Å². The molecular weight excluding hydrogens is 527 g/mol. The van der Waals surface area contributed by atoms with Crippen molar-refractivity contribution in [1.29, 1.82) is 0 Å². The van der Waals surface area contributed by atoms with Crippen LogP contribution >= 0.6 is 22.6 Å². The van der Waals surface area contributed by atoms with Crippen LogP contribution in [0.3, 0.4) is 0 Å². The maximum absolute atomic E-state index is 13.4. The van der Waals surface area contributed by atoms with E-state index in [1.54, 1.807) is 7.11 Å². The van der Waals surface area contributed by atoms with Crippen molar-refractivity contribution in [2.45, 2.75) is 38.3 Å². The van der Waals surface area contributed by atoms with E-state index in [2.05, 4.69) is 39.4 Å². The van der Waals surface area contributed by atoms with Crippen molar-refractivity contribution < 1.29 is 14.3 Å². The summed E-state index contributed by atoms with van der Waals surface area (Å²) in [6.45, 7) is 4.43. The number of esters is 1. The predicted octanol–water partition coefficient (Wildman–Crippen LogP) is 5.87. The molecule has 0 radical (unpaired) electrons. The molecule has 3 aromatic rings. The van der Waals surface area contributed by atoms with Crippen LogP contribution in [0.5, 0.6) is 5.75 Å². The first-order chi connectivity index (χ1) is 16.1. The molecule has 172 valence electrons. The number of fused-ring (bicyclic) bond motifs is 4. The molecule has 4 heterocycles. The molecule has 33 heavy (non-hydrogen) atoms. The first-order valence-corrected chi connectivity index (χ1v) is 12.8. The second-order valence-electron chi connectivity index (χ2n) is 9.10. The summed E-state index contributed by atoms with van der Waals surface area (Å²) in [5.74, 6) is 1.92. The van der Waals surface area contributed by atoms with E-state index in [1.807, 2.05) is 54.7 Å². The van der Waals surface area contributed by atoms with Crippen LogP contribution in [0.15, 0.2) is 54.7 Å². The molecule has 6 heteroatoms. The zero-order valence-electron chi connectivity index (χ0n) is 19.0. The molecule has 3 aliphatic rings. The molecule has 0 amide bonds. The van der Waals surface area contributed by atoms with E-state index in [0.717, 1.165) is 51.2 Å². The van der Waals surface area contributed by atoms with Gasteiger partial charge in [0.05, 0.1) is 24.2 Å². The highest BCUT2D eigenvalue weighted by Crippen LogP contribution is 2.44. The number of rotatable bonds is 6. The molecule has 3 unspecified atom stereocenters. The zero-order valence-corrected chi connectivity index (χ0v) is 21.2. The minimum absolute atomic E-state index is 0.161. The second kappa shape index (κ2) is 9.58. The normalized spacial score (nSPS) is 25.1. The molecule has 3 aliphatic heterocycles. The summed E-state index contributed by atoms with van der Waals surface area (Å²) < 4.78 is 12.8. The van der Waals surface area contributed by atoms with E-state index in [4.69, 9.17) is 9.47 Å². The summed E-state index contributed by atoms with van der Waals surface area (Å²) in [5.41, 5.74) is 2.50. The lowest BCUT2D eigenvalue weighted by atomic mass is 9.72. The zero-order chi connectivity index (χ0) is 22.9. The monoisotopic (exact) mass is 556 g/mol. The first kappa shape index (κ1) is 22.6. The number of piperidine rings is 3. The number of hydrogen-bond acceptors (Lipinski definition) is 5. The van der Waals surface area contributed by atoms with Crippen molar-refractivity contribution in [2.75, 3.05) is 20.2 Å². The molecule has 2 aromatic carbocycles. The van der Waals surface area contributed by atoms with E-state index in [9.17, 15) is 4.79 Å². The first-order valence-electron chi connectivity index (χ1n) is 11.7. The summed E-state index contributed by atoms with van der Waals surface area (Å²) in [7, 11) is 1.67. The van der Waals surface area contributed by atoms with Gasteiger partial charge in [0.2, 0.25) is 0 Å². The fraction of sp³-hybridized carbons (Fsp3) is 0.407. The molecule has 2 bridgehead atoms. The van der Waals surface area contributed by atoms with Gasteiger partial charge in [0.15, 0.2) is 0 Å². The molecule has 1 aromatic heterocycles. The Labute approximate surface area is 208 Å². The van der Waals surface area contributed by atoms with Gasteiger partial charge in [-0.2, -0.15) is 0 Å². The van der Waals surface area contributed by atoms with Gasteiger partial charge >= 0.3 is 5.97 Å². The Hall–Kier alpha value is -2.19. The SMILES string of the molecule is CC[C@H]1CN2CCC1C[C@@H]2C(OC(=O)c1ccccc1I)c1ccnc2ccc(OC)cc12. The van der Waals surface area contributed by atoms with Crippen LogP contribution in [-0.4, -0.2) is 42.1 Å². The average Bonchev–Trinajstić information content (AvgIpc) is 2.87. The summed E-state index contributed by atoms with van der Waals surface area (Å²) >= 11 is 2.20. The van der Waals surface area contributed by atoms with Gasteiger partial charge in [-0.3, -0.25) is 9.88 Å². The Bertz CT molecular complexity index is 1170. The number of halogens is 1. The Balaban J connectivity index is 1.57. The van der Waals surface area contributed by atoms with E-state index >= 15 is 0 Å². The van der Waals surface area contributed by atoms with Crippen LogP contribution in [0.1, 0.15) is 48.2 Å². The highest BCUT2D eigenvalue weighted by atomic mass is 127. The molecular formula is C27H29IN2O3. The molecule has 3 fully saturated rings. The van der Waals surface area contributed by atoms with Gasteiger partial charge in [0, 0.05) is 27.3 Å². The van der Waals surface area contributed by atoms with Gasteiger partial charge in [-0.15, -0.1) is 0 Å². The molecule has 0 spiro atoms. The van der Waals surface area contributed by atoms with Crippen molar-refractivity contribution in [3.05, 3.63) is 69.4 Å². The van der Waals surface area contributed by atoms with Crippen LogP contribution in [0.4, 0.5) is 0 Å². The van der Waals surface area contributed by atoms with Crippen molar-refractivity contribution in [2.24, 2.45) is 11.8 Å². The molecule has 0 saturated carbocycles. The third-order valence-corrected chi connectivity index (χ3v) is 8.37. The highest BCUT2D eigenvalue weighted by Gasteiger charge is 2.44. The lowest BCUT2D eigenvalue weighted by molar-refractivity contribution is -0.0659. The maximum Gasteiger partial charge on any atom is 0.339 e. The van der Waals surface area contributed by atoms with Crippen LogP contribution in [0.2, 0.25) is 0 Å². The smallest absolute Gasteiger partial charge is 0.339 e. The summed E-state index contributed by atoms with van der Waals surface area (Å²) in [6.07, 6.45) is 4.94. The third-order valence-electron chi connectivity index (χ3n) is 7.43. The molecule has 5 nitrogen and oxygen atoms in total. The topological polar surface area (TPSA) is 51.7 Å². The van der Waals surface area contributed by atoms with Gasteiger partial charge in [0.1, 0.15) is 11.9 Å². The summed E-state index contributed by atoms with van der Waals surface area (Å²) in [6, 6.07) is 15.7. The number of aromatic nitrogens is 1. The van der Waals surface area contributed by atoms with Crippen LogP contribution in [0.25, 0.3) is 10.9 Å². The third kappa shape index (κ3) is 4.35. The number of pyridine rings is 1. The van der Waals surface area contributed by atoms with Crippen molar-refractivity contribution in [3.8, 4) is 5.75 Å². The van der Waals surface area contributed by atoms with E-state index in [-0.39, 0.29) is 18.1 Å². The van der Waals surface area contributed by atoms with Crippen LogP contribution in [0, 0.1) is 15.4 Å². The molecule has 3 saturated heterocycles. The molecule has 6 rings (SSSR count). The summed E-state index contributed by atoms with van der Waals surface area (Å²) in [5, 5.41) is 0.979. The highest BCUT2D eigenvalue weighted by molar-refractivity contribution is 14.1. The number of hydrogen-bond donors (Lipinski definition) is 0. The Morgan fingerprint density at radius 2 is 2.09 bits per heavy atom. The Morgan fingerprint density at radius 3 is 2.82 bits per heavy atom. The number of ether oxygens (including phenoxy) is 2. The van der Waals surface area contributed by atoms with Crippen molar-refractivity contribution in [1.82, 2.24) is 9.88 Å². The quantitative estimate of drug-likeness (QED) is 0.281. The van der Waals surface area contributed by atoms with Crippen LogP contribution in [-0.2, 0) is 4.74 Å². The number of methoxy groups -OCH3 is 1. The maximum atomic E-state index is 13.4. The van der Waals surface area contributed by atoms with Crippen LogP contribution < -0.4 is 4.74 Å². The van der Waals surface area contributed by atoms with Crippen molar-refractivity contribution in [3.63, 3.8) is 0 Å². The second-order valence-corrected chi connectivity index (χ2v) is 10.3. The predicted molar refractivity (Wildman–Crippen MR) is 137 cm³/mol. The molecule has 0 aliphatic carbocycles. The van der Waals surface area contributed by atoms with E-state index in [0.29, 0.717) is 11.5 Å². The fourth-order valence-corrected chi connectivity index (χ4v) is 6.24. The van der Waals surface area contributed by atoms with Gasteiger partial charge in [-0.25, -0.2) is 4.79 Å². The van der Waals surface area contributed by atoms with E-state index < -0.39 is 0 Å². The number of carbonyl (C=O) groups excluding carboxylic acids is 1. The number of nitrogens with zero attached hydrogens (tertiary/aromatic N) is 2. The fourth-order valence-electron chi connectivity index (χ4n) is 5.63. The lowest BCUT2D eigenvalue weighted by Gasteiger charge is -2.51. The number of benzene rings is 2. The van der Waals surface area contributed by atoms with Gasteiger partial charge in [-0.1, -0.05) is 25.5 Å². The average molecular weight is 556 g/mol. The largest absolute Gasteiger partial charge is 0.497 e. The van der Waals surface area contributed by atoms with Gasteiger partial charge < -0.3 is 9.47 Å². The minimum atomic E-state index is -0.369.